The molecule has 0 radical (unpaired) electrons. The second-order valence-electron chi connectivity index (χ2n) is 8.67. The molecule has 5 rings (SSSR count). The molecule has 0 unspecified atom stereocenters. The number of furan rings is 1. The molecule has 0 saturated heterocycles. The van der Waals surface area contributed by atoms with Gasteiger partial charge >= 0.3 is 0 Å². The van der Waals surface area contributed by atoms with E-state index in [0.29, 0.717) is 33.7 Å². The summed E-state index contributed by atoms with van der Waals surface area (Å²) in [5.41, 5.74) is 1.49. The fourth-order valence-corrected chi connectivity index (χ4v) is 5.67. The van der Waals surface area contributed by atoms with E-state index in [9.17, 15) is 9.59 Å². The second kappa shape index (κ2) is 11.4. The molecule has 2 aromatic carbocycles. The number of fused-ring (bicyclic) bond motifs is 1. The highest BCUT2D eigenvalue weighted by molar-refractivity contribution is 7.10. The molecule has 190 valence electrons. The van der Waals surface area contributed by atoms with Crippen LogP contribution in [0.1, 0.15) is 32.6 Å². The van der Waals surface area contributed by atoms with Crippen LogP contribution in [0.15, 0.2) is 82.8 Å². The number of thiophene rings is 1. The van der Waals surface area contributed by atoms with Crippen molar-refractivity contribution in [3.63, 3.8) is 0 Å². The maximum absolute atomic E-state index is 13.7. The molecule has 0 fully saturated rings. The van der Waals surface area contributed by atoms with Crippen LogP contribution in [-0.2, 0) is 17.8 Å². The van der Waals surface area contributed by atoms with E-state index < -0.39 is 0 Å². The number of nitrogens with zero attached hydrogens (tertiary/aromatic N) is 2. The molecule has 37 heavy (non-hydrogen) atoms. The van der Waals surface area contributed by atoms with Gasteiger partial charge in [0.2, 0.25) is 5.91 Å². The molecule has 3 heterocycles. The first kappa shape index (κ1) is 25.4. The van der Waals surface area contributed by atoms with Gasteiger partial charge in [0.25, 0.3) is 5.91 Å². The lowest BCUT2D eigenvalue weighted by Crippen LogP contribution is -2.47. The van der Waals surface area contributed by atoms with Crippen LogP contribution in [0.5, 0.6) is 5.75 Å². The summed E-state index contributed by atoms with van der Waals surface area (Å²) in [7, 11) is 0. The second-order valence-corrected chi connectivity index (χ2v) is 10.5. The number of amides is 2. The van der Waals surface area contributed by atoms with Crippen molar-refractivity contribution in [1.29, 1.82) is 0 Å². The monoisotopic (exact) mass is 554 g/mol. The summed E-state index contributed by atoms with van der Waals surface area (Å²) >= 11 is 13.8. The van der Waals surface area contributed by atoms with Gasteiger partial charge in [-0.05, 0) is 78.0 Å². The summed E-state index contributed by atoms with van der Waals surface area (Å²) in [6.07, 6.45) is 2.31. The first-order chi connectivity index (χ1) is 18.0. The van der Waals surface area contributed by atoms with Crippen molar-refractivity contribution in [2.45, 2.75) is 19.0 Å². The molecule has 2 amide bonds. The van der Waals surface area contributed by atoms with E-state index >= 15 is 0 Å². The molecule has 2 aromatic heterocycles. The van der Waals surface area contributed by atoms with Crippen LogP contribution >= 0.6 is 34.5 Å². The van der Waals surface area contributed by atoms with Crippen molar-refractivity contribution in [3.05, 3.63) is 110 Å². The molecule has 0 N–H and O–H groups in total. The number of rotatable bonds is 8. The Balaban J connectivity index is 1.37. The van der Waals surface area contributed by atoms with Gasteiger partial charge in [-0.1, -0.05) is 29.3 Å². The Kier molecular flexibility index (Phi) is 7.84. The molecule has 6 nitrogen and oxygen atoms in total. The zero-order valence-corrected chi connectivity index (χ0v) is 22.1. The Hall–Kier alpha value is -3.26. The van der Waals surface area contributed by atoms with Crippen LogP contribution in [0, 0.1) is 0 Å². The quantitative estimate of drug-likeness (QED) is 0.249. The molecule has 1 atom stereocenters. The minimum atomic E-state index is -0.297. The van der Waals surface area contributed by atoms with Crippen molar-refractivity contribution in [1.82, 2.24) is 9.80 Å². The molecule has 9 heteroatoms. The predicted octanol–water partition coefficient (Wildman–Crippen LogP) is 6.50. The smallest absolute Gasteiger partial charge is 0.254 e. The minimum absolute atomic E-state index is 0.108. The van der Waals surface area contributed by atoms with E-state index in [2.05, 4.69) is 0 Å². The summed E-state index contributed by atoms with van der Waals surface area (Å²) in [6, 6.07) is 19.2. The zero-order chi connectivity index (χ0) is 25.8. The Morgan fingerprint density at radius 1 is 1.05 bits per heavy atom. The van der Waals surface area contributed by atoms with Crippen LogP contribution in [0.25, 0.3) is 0 Å². The maximum atomic E-state index is 13.7. The third kappa shape index (κ3) is 6.01. The fraction of sp³-hybridized carbons (Fsp3) is 0.214. The number of hydrogen-bond acceptors (Lipinski definition) is 5. The Labute approximate surface area is 229 Å². The average Bonchev–Trinajstić information content (AvgIpc) is 3.59. The van der Waals surface area contributed by atoms with Gasteiger partial charge < -0.3 is 19.0 Å². The number of carbonyl (C=O) groups is 2. The van der Waals surface area contributed by atoms with Crippen LogP contribution in [0.2, 0.25) is 10.0 Å². The first-order valence-corrected chi connectivity index (χ1v) is 13.4. The lowest BCUT2D eigenvalue weighted by Gasteiger charge is -2.37. The van der Waals surface area contributed by atoms with Gasteiger partial charge in [0.1, 0.15) is 24.7 Å². The van der Waals surface area contributed by atoms with Crippen molar-refractivity contribution < 1.29 is 18.7 Å². The van der Waals surface area contributed by atoms with Crippen molar-refractivity contribution in [2.75, 3.05) is 19.7 Å². The van der Waals surface area contributed by atoms with Crippen molar-refractivity contribution in [3.8, 4) is 5.75 Å². The Morgan fingerprint density at radius 3 is 2.65 bits per heavy atom. The summed E-state index contributed by atoms with van der Waals surface area (Å²) in [4.78, 5) is 31.7. The number of halogens is 2. The van der Waals surface area contributed by atoms with Gasteiger partial charge in [-0.2, -0.15) is 0 Å². The predicted molar refractivity (Wildman–Crippen MR) is 144 cm³/mol. The zero-order valence-electron chi connectivity index (χ0n) is 19.8. The molecule has 4 aromatic rings. The molecule has 0 aliphatic carbocycles. The van der Waals surface area contributed by atoms with E-state index in [1.165, 1.54) is 9.78 Å². The minimum Gasteiger partial charge on any atom is -0.491 e. The highest BCUT2D eigenvalue weighted by Gasteiger charge is 2.34. The van der Waals surface area contributed by atoms with Gasteiger partial charge in [-0.3, -0.25) is 9.59 Å². The lowest BCUT2D eigenvalue weighted by molar-refractivity contribution is -0.135. The maximum Gasteiger partial charge on any atom is 0.254 e. The molecular formula is C28H24Cl2N2O4S. The van der Waals surface area contributed by atoms with E-state index in [1.54, 1.807) is 78.3 Å². The van der Waals surface area contributed by atoms with E-state index in [4.69, 9.17) is 32.4 Å². The average molecular weight is 555 g/mol. The summed E-state index contributed by atoms with van der Waals surface area (Å²) in [6.45, 7) is 0.884. The van der Waals surface area contributed by atoms with Gasteiger partial charge in [0, 0.05) is 27.0 Å². The normalized spacial score (nSPS) is 14.8. The number of ether oxygens (including phenoxy) is 1. The van der Waals surface area contributed by atoms with Crippen LogP contribution in [-0.4, -0.2) is 41.3 Å². The topological polar surface area (TPSA) is 63.0 Å². The fourth-order valence-electron chi connectivity index (χ4n) is 4.43. The Morgan fingerprint density at radius 2 is 1.89 bits per heavy atom. The number of benzene rings is 2. The molecule has 1 aliphatic rings. The largest absolute Gasteiger partial charge is 0.491 e. The lowest BCUT2D eigenvalue weighted by atomic mass is 10.0. The molecule has 0 spiro atoms. The van der Waals surface area contributed by atoms with Crippen LogP contribution < -0.4 is 4.74 Å². The van der Waals surface area contributed by atoms with E-state index in [0.717, 1.165) is 12.0 Å². The molecule has 0 bridgehead atoms. The molecule has 1 aliphatic heterocycles. The van der Waals surface area contributed by atoms with E-state index in [-0.39, 0.29) is 37.6 Å². The van der Waals surface area contributed by atoms with Crippen LogP contribution in [0.3, 0.4) is 0 Å². The van der Waals surface area contributed by atoms with Crippen molar-refractivity contribution >= 4 is 46.4 Å². The summed E-state index contributed by atoms with van der Waals surface area (Å²) in [5, 5.41) is 3.12. The van der Waals surface area contributed by atoms with Gasteiger partial charge in [-0.15, -0.1) is 11.3 Å². The SMILES string of the molecule is O=C(c1cccc(Cl)c1)N(CC(=O)N1CCc2sccc2[C@@H]1COc1ccc(Cl)cc1)Cc1ccco1. The standard InChI is InChI=1S/C28H24Cl2N2O4S/c29-20-6-8-22(9-7-20)36-18-25-24-11-14-37-26(24)10-12-32(25)27(33)17-31(16-23-5-2-13-35-23)28(34)19-3-1-4-21(30)15-19/h1-9,11,13-15,25H,10,12,16-18H2/t25-/m0/s1. The first-order valence-electron chi connectivity index (χ1n) is 11.8. The summed E-state index contributed by atoms with van der Waals surface area (Å²) < 4.78 is 11.6. The van der Waals surface area contributed by atoms with Gasteiger partial charge in [-0.25, -0.2) is 0 Å². The number of hydrogen-bond donors (Lipinski definition) is 0. The number of carbonyl (C=O) groups excluding carboxylic acids is 2. The molecular weight excluding hydrogens is 531 g/mol. The van der Waals surface area contributed by atoms with Gasteiger partial charge in [0.05, 0.1) is 18.8 Å². The Bertz CT molecular complexity index is 1370. The van der Waals surface area contributed by atoms with E-state index in [1.807, 2.05) is 16.3 Å². The third-order valence-corrected chi connectivity index (χ3v) is 7.73. The summed E-state index contributed by atoms with van der Waals surface area (Å²) in [5.74, 6) is 0.803. The third-order valence-electron chi connectivity index (χ3n) is 6.25. The molecule has 0 saturated carbocycles. The highest BCUT2D eigenvalue weighted by Crippen LogP contribution is 2.34. The van der Waals surface area contributed by atoms with Crippen LogP contribution in [0.4, 0.5) is 0 Å². The van der Waals surface area contributed by atoms with Gasteiger partial charge in [0.15, 0.2) is 0 Å². The van der Waals surface area contributed by atoms with Crippen molar-refractivity contribution in [2.24, 2.45) is 0 Å². The highest BCUT2D eigenvalue weighted by atomic mass is 35.5.